The van der Waals surface area contributed by atoms with Crippen molar-refractivity contribution in [1.82, 2.24) is 9.88 Å². The molecule has 0 aliphatic rings. The molecule has 0 saturated heterocycles. The molecule has 1 rings (SSSR count). The number of rotatable bonds is 4. The summed E-state index contributed by atoms with van der Waals surface area (Å²) < 4.78 is 0. The standard InChI is InChI=1S/C12H13N3O3/c1-3-7-15(9-11(16)17)12(18)14(2)10-5-4-6-13-8-10/h1,4-6,8H,7,9H2,2H3,(H,16,17). The van der Waals surface area contributed by atoms with Gasteiger partial charge in [0.05, 0.1) is 18.4 Å². The molecule has 0 atom stereocenters. The normalized spacial score (nSPS) is 9.33. The summed E-state index contributed by atoms with van der Waals surface area (Å²) in [5.74, 6) is 1.15. The first-order chi connectivity index (χ1) is 8.56. The highest BCUT2D eigenvalue weighted by molar-refractivity contribution is 5.93. The van der Waals surface area contributed by atoms with Gasteiger partial charge in [-0.3, -0.25) is 14.7 Å². The van der Waals surface area contributed by atoms with Crippen molar-refractivity contribution >= 4 is 17.7 Å². The van der Waals surface area contributed by atoms with E-state index in [4.69, 9.17) is 11.5 Å². The topological polar surface area (TPSA) is 73.7 Å². The molecule has 0 unspecified atom stereocenters. The van der Waals surface area contributed by atoms with Gasteiger partial charge in [-0.25, -0.2) is 4.79 Å². The van der Waals surface area contributed by atoms with Crippen LogP contribution < -0.4 is 4.90 Å². The Morgan fingerprint density at radius 3 is 2.78 bits per heavy atom. The van der Waals surface area contributed by atoms with E-state index >= 15 is 0 Å². The Morgan fingerprint density at radius 2 is 2.28 bits per heavy atom. The van der Waals surface area contributed by atoms with Gasteiger partial charge < -0.3 is 10.0 Å². The minimum absolute atomic E-state index is 0.0598. The number of anilines is 1. The number of terminal acetylenes is 1. The van der Waals surface area contributed by atoms with Crippen molar-refractivity contribution in [3.05, 3.63) is 24.5 Å². The van der Waals surface area contributed by atoms with Crippen LogP contribution in [0.3, 0.4) is 0 Å². The van der Waals surface area contributed by atoms with Crippen LogP contribution in [-0.4, -0.2) is 47.1 Å². The van der Waals surface area contributed by atoms with Gasteiger partial charge >= 0.3 is 12.0 Å². The second-order valence-electron chi connectivity index (χ2n) is 3.51. The second-order valence-corrected chi connectivity index (χ2v) is 3.51. The fourth-order valence-electron chi connectivity index (χ4n) is 1.34. The lowest BCUT2D eigenvalue weighted by Gasteiger charge is -2.25. The van der Waals surface area contributed by atoms with Crippen LogP contribution in [0.5, 0.6) is 0 Å². The fourth-order valence-corrected chi connectivity index (χ4v) is 1.34. The summed E-state index contributed by atoms with van der Waals surface area (Å²) in [6.45, 7) is -0.497. The van der Waals surface area contributed by atoms with Crippen LogP contribution in [0.1, 0.15) is 0 Å². The Kier molecular flexibility index (Phi) is 4.69. The van der Waals surface area contributed by atoms with Crippen molar-refractivity contribution in [3.63, 3.8) is 0 Å². The van der Waals surface area contributed by atoms with Gasteiger partial charge in [-0.2, -0.15) is 0 Å². The van der Waals surface area contributed by atoms with Crippen LogP contribution >= 0.6 is 0 Å². The van der Waals surface area contributed by atoms with E-state index in [0.29, 0.717) is 5.69 Å². The predicted octanol–water partition coefficient (Wildman–Crippen LogP) is 0.658. The van der Waals surface area contributed by atoms with Crippen LogP contribution in [0, 0.1) is 12.3 Å². The molecule has 6 heteroatoms. The van der Waals surface area contributed by atoms with Crippen molar-refractivity contribution in [2.45, 2.75) is 0 Å². The zero-order valence-corrected chi connectivity index (χ0v) is 9.91. The Labute approximate surface area is 105 Å². The molecular weight excluding hydrogens is 234 g/mol. The number of carbonyl (C=O) groups is 2. The monoisotopic (exact) mass is 247 g/mol. The highest BCUT2D eigenvalue weighted by atomic mass is 16.4. The summed E-state index contributed by atoms with van der Waals surface area (Å²) in [7, 11) is 1.53. The molecule has 1 heterocycles. The van der Waals surface area contributed by atoms with Gasteiger partial charge in [-0.1, -0.05) is 5.92 Å². The third-order valence-electron chi connectivity index (χ3n) is 2.20. The maximum Gasteiger partial charge on any atom is 0.325 e. The molecule has 94 valence electrons. The molecule has 1 aromatic rings. The number of hydrogen-bond acceptors (Lipinski definition) is 3. The SMILES string of the molecule is C#CCN(CC(=O)O)C(=O)N(C)c1cccnc1. The molecule has 2 amide bonds. The zero-order chi connectivity index (χ0) is 13.5. The lowest BCUT2D eigenvalue weighted by molar-refractivity contribution is -0.137. The Morgan fingerprint density at radius 1 is 1.56 bits per heavy atom. The van der Waals surface area contributed by atoms with E-state index in [-0.39, 0.29) is 6.54 Å². The number of pyridine rings is 1. The third-order valence-corrected chi connectivity index (χ3v) is 2.20. The maximum atomic E-state index is 12.0. The van der Waals surface area contributed by atoms with E-state index < -0.39 is 18.5 Å². The summed E-state index contributed by atoms with van der Waals surface area (Å²) >= 11 is 0. The highest BCUT2D eigenvalue weighted by Gasteiger charge is 2.20. The zero-order valence-electron chi connectivity index (χ0n) is 9.91. The van der Waals surface area contributed by atoms with Gasteiger partial charge in [0.2, 0.25) is 0 Å². The minimum atomic E-state index is -1.11. The summed E-state index contributed by atoms with van der Waals surface area (Å²) in [5.41, 5.74) is 0.565. The molecule has 0 saturated carbocycles. The lowest BCUT2D eigenvalue weighted by atomic mass is 10.4. The lowest BCUT2D eigenvalue weighted by Crippen LogP contribution is -2.44. The van der Waals surface area contributed by atoms with Crippen molar-refractivity contribution in [2.24, 2.45) is 0 Å². The van der Waals surface area contributed by atoms with Gasteiger partial charge in [0.15, 0.2) is 0 Å². The Bertz CT molecular complexity index is 467. The first-order valence-electron chi connectivity index (χ1n) is 5.14. The van der Waals surface area contributed by atoms with Gasteiger partial charge in [-0.05, 0) is 12.1 Å². The number of urea groups is 1. The first kappa shape index (κ1) is 13.5. The van der Waals surface area contributed by atoms with Gasteiger partial charge in [0.1, 0.15) is 6.54 Å². The average Bonchev–Trinajstić information content (AvgIpc) is 2.37. The van der Waals surface area contributed by atoms with Gasteiger partial charge in [0.25, 0.3) is 0 Å². The Hall–Kier alpha value is -2.55. The smallest absolute Gasteiger partial charge is 0.325 e. The van der Waals surface area contributed by atoms with Crippen molar-refractivity contribution in [2.75, 3.05) is 25.0 Å². The number of carboxylic acids is 1. The van der Waals surface area contributed by atoms with Crippen LogP contribution in [0.15, 0.2) is 24.5 Å². The molecule has 0 bridgehead atoms. The highest BCUT2D eigenvalue weighted by Crippen LogP contribution is 2.11. The molecule has 0 aliphatic heterocycles. The number of carbonyl (C=O) groups excluding carboxylic acids is 1. The summed E-state index contributed by atoms with van der Waals surface area (Å²) in [4.78, 5) is 28.9. The number of aromatic nitrogens is 1. The fraction of sp³-hybridized carbons (Fsp3) is 0.250. The van der Waals surface area contributed by atoms with E-state index in [2.05, 4.69) is 10.9 Å². The third kappa shape index (κ3) is 3.49. The van der Waals surface area contributed by atoms with E-state index in [1.807, 2.05) is 0 Å². The summed E-state index contributed by atoms with van der Waals surface area (Å²) in [5, 5.41) is 8.72. The summed E-state index contributed by atoms with van der Waals surface area (Å²) in [6, 6.07) is 2.89. The predicted molar refractivity (Wildman–Crippen MR) is 66.1 cm³/mol. The Balaban J connectivity index is 2.83. The molecule has 0 fully saturated rings. The number of hydrogen-bond donors (Lipinski definition) is 1. The van der Waals surface area contributed by atoms with Crippen LogP contribution in [0.25, 0.3) is 0 Å². The largest absolute Gasteiger partial charge is 0.480 e. The number of nitrogens with zero attached hydrogens (tertiary/aromatic N) is 3. The van der Waals surface area contributed by atoms with Crippen LogP contribution in [0.2, 0.25) is 0 Å². The number of amides is 2. The molecule has 1 N–H and O–H groups in total. The molecule has 6 nitrogen and oxygen atoms in total. The average molecular weight is 247 g/mol. The molecule has 0 spiro atoms. The maximum absolute atomic E-state index is 12.0. The molecule has 0 aromatic carbocycles. The molecular formula is C12H13N3O3. The van der Waals surface area contributed by atoms with Gasteiger partial charge in [0, 0.05) is 13.2 Å². The van der Waals surface area contributed by atoms with E-state index in [1.165, 1.54) is 18.1 Å². The molecule has 0 aliphatic carbocycles. The number of aliphatic carboxylic acids is 1. The van der Waals surface area contributed by atoms with Gasteiger partial charge in [-0.15, -0.1) is 6.42 Å². The molecule has 18 heavy (non-hydrogen) atoms. The molecule has 1 aromatic heterocycles. The van der Waals surface area contributed by atoms with Crippen molar-refractivity contribution in [1.29, 1.82) is 0 Å². The van der Waals surface area contributed by atoms with E-state index in [1.54, 1.807) is 18.3 Å². The number of carboxylic acid groups (broad SMARTS) is 1. The summed E-state index contributed by atoms with van der Waals surface area (Å²) in [6.07, 6.45) is 8.20. The second kappa shape index (κ2) is 6.25. The first-order valence-corrected chi connectivity index (χ1v) is 5.14. The quantitative estimate of drug-likeness (QED) is 0.793. The van der Waals surface area contributed by atoms with Crippen LogP contribution in [-0.2, 0) is 4.79 Å². The molecule has 0 radical (unpaired) electrons. The van der Waals surface area contributed by atoms with Crippen molar-refractivity contribution in [3.8, 4) is 12.3 Å². The van der Waals surface area contributed by atoms with Crippen molar-refractivity contribution < 1.29 is 14.7 Å². The minimum Gasteiger partial charge on any atom is -0.480 e. The van der Waals surface area contributed by atoms with E-state index in [0.717, 1.165) is 4.90 Å². The van der Waals surface area contributed by atoms with Crippen LogP contribution in [0.4, 0.5) is 10.5 Å². The van der Waals surface area contributed by atoms with E-state index in [9.17, 15) is 9.59 Å².